The van der Waals surface area contributed by atoms with Crippen LogP contribution in [0.2, 0.25) is 0 Å². The third kappa shape index (κ3) is 2.90. The Balaban J connectivity index is 1.53. The molecule has 2 heterocycles. The van der Waals surface area contributed by atoms with Gasteiger partial charge in [-0.1, -0.05) is 12.8 Å². The maximum Gasteiger partial charge on any atom is 0.325 e. The summed E-state index contributed by atoms with van der Waals surface area (Å²) < 4.78 is 24.9. The molecule has 27 heavy (non-hydrogen) atoms. The number of fused-ring (bicyclic) bond motifs is 1. The summed E-state index contributed by atoms with van der Waals surface area (Å²) in [6, 6.07) is 4.31. The van der Waals surface area contributed by atoms with Gasteiger partial charge in [0, 0.05) is 12.1 Å². The highest BCUT2D eigenvalue weighted by Gasteiger charge is 2.52. The van der Waals surface area contributed by atoms with Crippen molar-refractivity contribution in [3.05, 3.63) is 29.3 Å². The second-order valence-corrected chi connectivity index (χ2v) is 9.37. The highest BCUT2D eigenvalue weighted by Crippen LogP contribution is 2.35. The highest BCUT2D eigenvalue weighted by molar-refractivity contribution is 7.92. The summed E-state index contributed by atoms with van der Waals surface area (Å²) in [7, 11) is -3.35. The van der Waals surface area contributed by atoms with E-state index in [1.54, 1.807) is 18.2 Å². The normalized spacial score (nSPS) is 21.1. The van der Waals surface area contributed by atoms with Gasteiger partial charge in [0.1, 0.15) is 5.54 Å². The zero-order chi connectivity index (χ0) is 19.4. The van der Waals surface area contributed by atoms with E-state index < -0.39 is 21.6 Å². The number of imide groups is 1. The Bertz CT molecular complexity index is 950. The molecule has 0 bridgehead atoms. The number of amides is 3. The third-order valence-corrected chi connectivity index (χ3v) is 6.84. The molecule has 0 unspecified atom stereocenters. The molecular formula is C18H21N3O5S. The van der Waals surface area contributed by atoms with E-state index >= 15 is 0 Å². The van der Waals surface area contributed by atoms with Gasteiger partial charge in [0.2, 0.25) is 10.0 Å². The molecule has 1 aromatic carbocycles. The van der Waals surface area contributed by atoms with Gasteiger partial charge < -0.3 is 5.32 Å². The molecule has 8 nitrogen and oxygen atoms in total. The minimum Gasteiger partial charge on any atom is -0.323 e. The highest BCUT2D eigenvalue weighted by atomic mass is 32.2. The van der Waals surface area contributed by atoms with E-state index in [1.165, 1.54) is 4.31 Å². The zero-order valence-electron chi connectivity index (χ0n) is 15.0. The Morgan fingerprint density at radius 3 is 2.59 bits per heavy atom. The first kappa shape index (κ1) is 18.0. The number of nitrogens with one attached hydrogen (secondary N) is 1. The van der Waals surface area contributed by atoms with E-state index in [1.807, 2.05) is 0 Å². The first-order valence-corrected chi connectivity index (χ1v) is 10.8. The van der Waals surface area contributed by atoms with Crippen LogP contribution in [-0.4, -0.2) is 55.9 Å². The number of sulfonamides is 1. The summed E-state index contributed by atoms with van der Waals surface area (Å²) in [6.45, 7) is 0.0440. The number of nitrogens with zero attached hydrogens (tertiary/aromatic N) is 2. The van der Waals surface area contributed by atoms with Crippen LogP contribution in [-0.2, 0) is 21.2 Å². The van der Waals surface area contributed by atoms with E-state index in [9.17, 15) is 22.8 Å². The molecule has 1 N–H and O–H groups in total. The van der Waals surface area contributed by atoms with E-state index in [0.717, 1.165) is 29.6 Å². The van der Waals surface area contributed by atoms with Crippen LogP contribution in [0.4, 0.5) is 10.5 Å². The Kier molecular flexibility index (Phi) is 4.03. The van der Waals surface area contributed by atoms with Crippen LogP contribution in [0.25, 0.3) is 0 Å². The number of benzene rings is 1. The summed E-state index contributed by atoms with van der Waals surface area (Å²) >= 11 is 0. The Morgan fingerprint density at radius 2 is 1.93 bits per heavy atom. The fourth-order valence-electron chi connectivity index (χ4n) is 4.26. The van der Waals surface area contributed by atoms with Crippen LogP contribution in [0.3, 0.4) is 0 Å². The maximum absolute atomic E-state index is 12.7. The SMILES string of the molecule is CS(=O)(=O)N1CCc2cc(C(=O)CN3C(=O)NC4(CCCC4)C3=O)ccc21. The molecule has 1 aliphatic carbocycles. The van der Waals surface area contributed by atoms with Crippen LogP contribution >= 0.6 is 0 Å². The lowest BCUT2D eigenvalue weighted by molar-refractivity contribution is -0.130. The average Bonchev–Trinajstić information content (AvgIpc) is 3.29. The number of hydrogen-bond acceptors (Lipinski definition) is 5. The largest absolute Gasteiger partial charge is 0.325 e. The van der Waals surface area contributed by atoms with Crippen molar-refractivity contribution in [1.82, 2.24) is 10.2 Å². The molecule has 2 fully saturated rings. The predicted molar refractivity (Wildman–Crippen MR) is 98.1 cm³/mol. The van der Waals surface area contributed by atoms with Crippen LogP contribution in [0.5, 0.6) is 0 Å². The molecule has 1 saturated heterocycles. The van der Waals surface area contributed by atoms with Crippen molar-refractivity contribution in [1.29, 1.82) is 0 Å². The molecular weight excluding hydrogens is 370 g/mol. The first-order valence-electron chi connectivity index (χ1n) is 8.99. The van der Waals surface area contributed by atoms with Crippen LogP contribution in [0.15, 0.2) is 18.2 Å². The molecule has 1 spiro atoms. The van der Waals surface area contributed by atoms with Gasteiger partial charge in [-0.05, 0) is 43.0 Å². The van der Waals surface area contributed by atoms with Crippen molar-refractivity contribution in [2.24, 2.45) is 0 Å². The fourth-order valence-corrected chi connectivity index (χ4v) is 5.22. The monoisotopic (exact) mass is 391 g/mol. The molecule has 0 atom stereocenters. The Hall–Kier alpha value is -2.42. The van der Waals surface area contributed by atoms with Crippen molar-refractivity contribution in [2.75, 3.05) is 23.7 Å². The lowest BCUT2D eigenvalue weighted by Gasteiger charge is -2.20. The van der Waals surface area contributed by atoms with E-state index in [2.05, 4.69) is 5.32 Å². The number of anilines is 1. The number of rotatable bonds is 4. The van der Waals surface area contributed by atoms with Crippen molar-refractivity contribution in [2.45, 2.75) is 37.6 Å². The summed E-state index contributed by atoms with van der Waals surface area (Å²) in [5.74, 6) is -0.656. The summed E-state index contributed by atoms with van der Waals surface area (Å²) in [4.78, 5) is 38.6. The summed E-state index contributed by atoms with van der Waals surface area (Å²) in [5.41, 5.74) is 0.896. The molecule has 0 aromatic heterocycles. The second kappa shape index (κ2) is 6.05. The van der Waals surface area contributed by atoms with Gasteiger partial charge in [-0.25, -0.2) is 13.2 Å². The average molecular weight is 391 g/mol. The number of hydrogen-bond donors (Lipinski definition) is 1. The number of carbonyl (C=O) groups excluding carboxylic acids is 3. The van der Waals surface area contributed by atoms with Gasteiger partial charge in [0.25, 0.3) is 5.91 Å². The van der Waals surface area contributed by atoms with E-state index in [4.69, 9.17) is 0 Å². The van der Waals surface area contributed by atoms with Crippen molar-refractivity contribution in [3.8, 4) is 0 Å². The summed E-state index contributed by atoms with van der Waals surface area (Å²) in [6.07, 6.45) is 4.67. The Labute approximate surface area is 157 Å². The van der Waals surface area contributed by atoms with Crippen LogP contribution in [0, 0.1) is 0 Å². The second-order valence-electron chi connectivity index (χ2n) is 7.46. The standard InChI is InChI=1S/C18H21N3O5S/c1-27(25,26)21-9-6-12-10-13(4-5-14(12)21)15(22)11-20-16(23)18(19-17(20)24)7-2-3-8-18/h4-5,10H,2-3,6-9,11H2,1H3,(H,19,24). The lowest BCUT2D eigenvalue weighted by atomic mass is 9.98. The van der Waals surface area contributed by atoms with E-state index in [-0.39, 0.29) is 18.2 Å². The summed E-state index contributed by atoms with van der Waals surface area (Å²) in [5, 5.41) is 2.76. The van der Waals surface area contributed by atoms with Gasteiger partial charge in [-0.15, -0.1) is 0 Å². The van der Waals surface area contributed by atoms with Gasteiger partial charge in [-0.3, -0.25) is 18.8 Å². The topological polar surface area (TPSA) is 104 Å². The number of ketones is 1. The van der Waals surface area contributed by atoms with Gasteiger partial charge in [0.15, 0.2) is 5.78 Å². The number of carbonyl (C=O) groups is 3. The minimum atomic E-state index is -3.35. The fraction of sp³-hybridized carbons (Fsp3) is 0.500. The quantitative estimate of drug-likeness (QED) is 0.610. The van der Waals surface area contributed by atoms with Gasteiger partial charge >= 0.3 is 6.03 Å². The molecule has 1 saturated carbocycles. The van der Waals surface area contributed by atoms with Crippen molar-refractivity contribution in [3.63, 3.8) is 0 Å². The Morgan fingerprint density at radius 1 is 1.22 bits per heavy atom. The van der Waals surface area contributed by atoms with Crippen molar-refractivity contribution < 1.29 is 22.8 Å². The number of urea groups is 1. The number of Topliss-reactive ketones (excluding diaryl/α,β-unsaturated/α-hetero) is 1. The molecule has 2 aliphatic heterocycles. The maximum atomic E-state index is 12.7. The molecule has 3 aliphatic rings. The lowest BCUT2D eigenvalue weighted by Crippen LogP contribution is -2.44. The van der Waals surface area contributed by atoms with Crippen molar-refractivity contribution >= 4 is 33.4 Å². The molecule has 144 valence electrons. The first-order chi connectivity index (χ1) is 12.7. The van der Waals surface area contributed by atoms with Crippen LogP contribution in [0.1, 0.15) is 41.6 Å². The molecule has 3 amide bonds. The molecule has 9 heteroatoms. The molecule has 0 radical (unpaired) electrons. The predicted octanol–water partition coefficient (Wildman–Crippen LogP) is 1.06. The third-order valence-electron chi connectivity index (χ3n) is 5.66. The minimum absolute atomic E-state index is 0.305. The zero-order valence-corrected chi connectivity index (χ0v) is 15.8. The smallest absolute Gasteiger partial charge is 0.323 e. The van der Waals surface area contributed by atoms with Gasteiger partial charge in [0.05, 0.1) is 18.5 Å². The van der Waals surface area contributed by atoms with E-state index in [0.29, 0.717) is 37.1 Å². The van der Waals surface area contributed by atoms with Gasteiger partial charge in [-0.2, -0.15) is 0 Å². The molecule has 1 aromatic rings. The van der Waals surface area contributed by atoms with Crippen LogP contribution < -0.4 is 9.62 Å². The molecule has 4 rings (SSSR count).